The zero-order valence-electron chi connectivity index (χ0n) is 8.15. The van der Waals surface area contributed by atoms with Gasteiger partial charge in [-0.3, -0.25) is 10.1 Å². The molecule has 88 valence electrons. The van der Waals surface area contributed by atoms with E-state index >= 15 is 0 Å². The molecule has 1 aromatic rings. The monoisotopic (exact) mass is 229 g/mol. The predicted octanol–water partition coefficient (Wildman–Crippen LogP) is -1.04. The minimum Gasteiger partial charge on any atom is -0.394 e. The van der Waals surface area contributed by atoms with Crippen LogP contribution in [0.25, 0.3) is 0 Å². The number of nitrogens with zero attached hydrogens (tertiary/aromatic N) is 2. The van der Waals surface area contributed by atoms with Crippen molar-refractivity contribution < 1.29 is 20.2 Å². The summed E-state index contributed by atoms with van der Waals surface area (Å²) in [7, 11) is 0. The van der Waals surface area contributed by atoms with E-state index in [0.29, 0.717) is 0 Å². The van der Waals surface area contributed by atoms with Crippen LogP contribution in [0, 0.1) is 10.1 Å². The summed E-state index contributed by atoms with van der Waals surface area (Å²) in [5.74, 6) is -0.278. The van der Waals surface area contributed by atoms with Crippen LogP contribution in [-0.2, 0) is 0 Å². The van der Waals surface area contributed by atoms with Crippen LogP contribution >= 0.6 is 0 Å². The Morgan fingerprint density at radius 1 is 1.56 bits per heavy atom. The maximum Gasteiger partial charge on any atom is 0.311 e. The van der Waals surface area contributed by atoms with Gasteiger partial charge in [0.05, 0.1) is 11.5 Å². The van der Waals surface area contributed by atoms with Crippen molar-refractivity contribution in [2.75, 3.05) is 12.3 Å². The topological polar surface area (TPSA) is 143 Å². The number of hydrogen-bond acceptors (Lipinski definition) is 7. The number of anilines is 1. The zero-order chi connectivity index (χ0) is 12.3. The lowest BCUT2D eigenvalue weighted by molar-refractivity contribution is -0.384. The highest BCUT2D eigenvalue weighted by molar-refractivity contribution is 5.53. The molecule has 2 unspecified atom stereocenters. The second-order valence-corrected chi connectivity index (χ2v) is 3.12. The van der Waals surface area contributed by atoms with E-state index in [2.05, 4.69) is 4.98 Å². The van der Waals surface area contributed by atoms with Gasteiger partial charge in [0.15, 0.2) is 0 Å². The third kappa shape index (κ3) is 2.42. The Hall–Kier alpha value is -1.77. The van der Waals surface area contributed by atoms with Crippen molar-refractivity contribution in [2.45, 2.75) is 12.2 Å². The van der Waals surface area contributed by atoms with Crippen molar-refractivity contribution in [3.63, 3.8) is 0 Å². The molecule has 0 aliphatic rings. The van der Waals surface area contributed by atoms with Gasteiger partial charge >= 0.3 is 5.69 Å². The van der Waals surface area contributed by atoms with Crippen LogP contribution in [-0.4, -0.2) is 37.9 Å². The fourth-order valence-electron chi connectivity index (χ4n) is 1.11. The summed E-state index contributed by atoms with van der Waals surface area (Å²) in [6.45, 7) is -0.667. The molecule has 0 aliphatic carbocycles. The zero-order valence-corrected chi connectivity index (χ0v) is 8.15. The third-order valence-electron chi connectivity index (χ3n) is 2.01. The lowest BCUT2D eigenvalue weighted by Gasteiger charge is -2.15. The second kappa shape index (κ2) is 4.84. The van der Waals surface area contributed by atoms with Gasteiger partial charge in [-0.1, -0.05) is 0 Å². The van der Waals surface area contributed by atoms with Crippen molar-refractivity contribution in [1.29, 1.82) is 0 Å². The summed E-state index contributed by atoms with van der Waals surface area (Å²) in [4.78, 5) is 13.3. The van der Waals surface area contributed by atoms with Gasteiger partial charge in [0, 0.05) is 17.8 Å². The summed E-state index contributed by atoms with van der Waals surface area (Å²) in [6, 6.07) is 1.01. The number of nitrogen functional groups attached to an aromatic ring is 1. The molecule has 1 heterocycles. The third-order valence-corrected chi connectivity index (χ3v) is 2.01. The first-order valence-corrected chi connectivity index (χ1v) is 4.34. The number of hydrogen-bond donors (Lipinski definition) is 4. The molecule has 0 radical (unpaired) electrons. The van der Waals surface area contributed by atoms with Crippen LogP contribution < -0.4 is 5.73 Å². The molecule has 0 amide bonds. The SMILES string of the molecule is Nc1ncc(C(O)C(O)CO)cc1[N+](=O)[O-]. The van der Waals surface area contributed by atoms with Crippen molar-refractivity contribution >= 4 is 11.5 Å². The average Bonchev–Trinajstić information content (AvgIpc) is 2.27. The Bertz CT molecular complexity index is 397. The molecule has 1 aromatic heterocycles. The minimum absolute atomic E-state index is 0.0162. The van der Waals surface area contributed by atoms with Crippen molar-refractivity contribution in [3.8, 4) is 0 Å². The van der Waals surface area contributed by atoms with Crippen LogP contribution in [0.15, 0.2) is 12.3 Å². The smallest absolute Gasteiger partial charge is 0.311 e. The molecule has 8 nitrogen and oxygen atoms in total. The first kappa shape index (κ1) is 12.3. The Morgan fingerprint density at radius 3 is 2.69 bits per heavy atom. The number of aliphatic hydroxyl groups is 3. The van der Waals surface area contributed by atoms with Crippen LogP contribution in [0.3, 0.4) is 0 Å². The molecule has 2 atom stereocenters. The van der Waals surface area contributed by atoms with Crippen molar-refractivity contribution in [1.82, 2.24) is 4.98 Å². The molecule has 0 bridgehead atoms. The maximum atomic E-state index is 10.5. The molecule has 0 aromatic carbocycles. The molecule has 0 aliphatic heterocycles. The molecule has 5 N–H and O–H groups in total. The number of aliphatic hydroxyl groups excluding tert-OH is 3. The molecule has 0 fully saturated rings. The number of nitrogens with two attached hydrogens (primary N) is 1. The van der Waals surface area contributed by atoms with Gasteiger partial charge in [0.25, 0.3) is 0 Å². The highest BCUT2D eigenvalue weighted by atomic mass is 16.6. The van der Waals surface area contributed by atoms with Gasteiger partial charge in [0.2, 0.25) is 5.82 Å². The Balaban J connectivity index is 3.07. The minimum atomic E-state index is -1.45. The van der Waals surface area contributed by atoms with E-state index in [0.717, 1.165) is 12.3 Å². The molecule has 1 rings (SSSR count). The fourth-order valence-corrected chi connectivity index (χ4v) is 1.11. The fraction of sp³-hybridized carbons (Fsp3) is 0.375. The van der Waals surface area contributed by atoms with E-state index in [9.17, 15) is 15.2 Å². The van der Waals surface area contributed by atoms with E-state index in [-0.39, 0.29) is 11.4 Å². The van der Waals surface area contributed by atoms with Gasteiger partial charge in [0.1, 0.15) is 12.2 Å². The number of nitro groups is 1. The predicted molar refractivity (Wildman–Crippen MR) is 53.4 cm³/mol. The quantitative estimate of drug-likeness (QED) is 0.381. The molecule has 16 heavy (non-hydrogen) atoms. The number of aromatic nitrogens is 1. The van der Waals surface area contributed by atoms with E-state index in [1.807, 2.05) is 0 Å². The van der Waals surface area contributed by atoms with Gasteiger partial charge in [-0.15, -0.1) is 0 Å². The van der Waals surface area contributed by atoms with Gasteiger partial charge in [-0.05, 0) is 0 Å². The lowest BCUT2D eigenvalue weighted by Crippen LogP contribution is -2.22. The van der Waals surface area contributed by atoms with E-state index in [1.165, 1.54) is 0 Å². The summed E-state index contributed by atoms with van der Waals surface area (Å²) >= 11 is 0. The van der Waals surface area contributed by atoms with Gasteiger partial charge in [-0.2, -0.15) is 0 Å². The maximum absolute atomic E-state index is 10.5. The van der Waals surface area contributed by atoms with Crippen LogP contribution in [0.5, 0.6) is 0 Å². The second-order valence-electron chi connectivity index (χ2n) is 3.12. The molecule has 0 spiro atoms. The molecular weight excluding hydrogens is 218 g/mol. The molecule has 0 saturated carbocycles. The Morgan fingerprint density at radius 2 is 2.19 bits per heavy atom. The summed E-state index contributed by atoms with van der Waals surface area (Å²) in [5, 5.41) is 37.8. The Labute approximate surface area is 90.1 Å². The van der Waals surface area contributed by atoms with Gasteiger partial charge in [-0.25, -0.2) is 4.98 Å². The molecule has 0 saturated heterocycles. The lowest BCUT2D eigenvalue weighted by atomic mass is 10.1. The number of pyridine rings is 1. The average molecular weight is 229 g/mol. The van der Waals surface area contributed by atoms with Crippen molar-refractivity contribution in [3.05, 3.63) is 27.9 Å². The van der Waals surface area contributed by atoms with E-state index < -0.39 is 29.4 Å². The standard InChI is InChI=1S/C8H11N3O5/c9-8-5(11(15)16)1-4(2-10-8)7(14)6(13)3-12/h1-2,6-7,12-14H,3H2,(H2,9,10). The number of rotatable bonds is 4. The van der Waals surface area contributed by atoms with Crippen molar-refractivity contribution in [2.24, 2.45) is 0 Å². The highest BCUT2D eigenvalue weighted by Gasteiger charge is 2.22. The van der Waals surface area contributed by atoms with Crippen LogP contribution in [0.2, 0.25) is 0 Å². The van der Waals surface area contributed by atoms with Crippen LogP contribution in [0.1, 0.15) is 11.7 Å². The van der Waals surface area contributed by atoms with Gasteiger partial charge < -0.3 is 21.1 Å². The Kier molecular flexibility index (Phi) is 3.72. The van der Waals surface area contributed by atoms with E-state index in [1.54, 1.807) is 0 Å². The molecular formula is C8H11N3O5. The largest absolute Gasteiger partial charge is 0.394 e. The van der Waals surface area contributed by atoms with E-state index in [4.69, 9.17) is 15.9 Å². The summed E-state index contributed by atoms with van der Waals surface area (Å²) < 4.78 is 0. The first-order chi connectivity index (χ1) is 7.47. The summed E-state index contributed by atoms with van der Waals surface area (Å²) in [6.07, 6.45) is -1.77. The first-order valence-electron chi connectivity index (χ1n) is 4.34. The van der Waals surface area contributed by atoms with Crippen LogP contribution in [0.4, 0.5) is 11.5 Å². The summed E-state index contributed by atoms with van der Waals surface area (Å²) in [5.41, 5.74) is 4.81. The highest BCUT2D eigenvalue weighted by Crippen LogP contribution is 2.24. The normalized spacial score (nSPS) is 14.4. The molecule has 8 heteroatoms.